The van der Waals surface area contributed by atoms with Crippen LogP contribution >= 0.6 is 34.8 Å². The fourth-order valence-electron chi connectivity index (χ4n) is 6.67. The molecule has 6 rings (SSSR count). The number of rotatable bonds is 12. The maximum atomic E-state index is 14.2. The Kier molecular flexibility index (Phi) is 11.1. The molecule has 3 aliphatic rings. The molecular weight excluding hydrogens is 667 g/mol. The van der Waals surface area contributed by atoms with Crippen LogP contribution in [0.15, 0.2) is 48.7 Å². The van der Waals surface area contributed by atoms with Crippen LogP contribution < -0.4 is 20.3 Å². The smallest absolute Gasteiger partial charge is 0.250 e. The van der Waals surface area contributed by atoms with Gasteiger partial charge in [0.2, 0.25) is 5.91 Å². The lowest BCUT2D eigenvalue weighted by atomic mass is 9.80. The number of carbonyl (C=O) groups is 1. The molecule has 0 spiro atoms. The summed E-state index contributed by atoms with van der Waals surface area (Å²) in [6.07, 6.45) is 3.03. The number of benzene rings is 2. The monoisotopic (exact) mass is 705 g/mol. The molecule has 47 heavy (non-hydrogen) atoms. The van der Waals surface area contributed by atoms with Crippen LogP contribution in [0.3, 0.4) is 0 Å². The van der Waals surface area contributed by atoms with E-state index in [4.69, 9.17) is 44.5 Å². The molecule has 3 atom stereocenters. The number of amides is 1. The average molecular weight is 707 g/mol. The van der Waals surface area contributed by atoms with Crippen LogP contribution in [-0.2, 0) is 17.9 Å². The van der Waals surface area contributed by atoms with Crippen LogP contribution in [0.2, 0.25) is 15.1 Å². The number of halogens is 5. The largest absolute Gasteiger partial charge is 0.485 e. The maximum Gasteiger partial charge on any atom is 0.250 e. The summed E-state index contributed by atoms with van der Waals surface area (Å²) >= 11 is 19.4. The second-order valence-corrected chi connectivity index (χ2v) is 14.1. The zero-order chi connectivity index (χ0) is 33.1. The van der Waals surface area contributed by atoms with E-state index in [9.17, 15) is 13.6 Å². The highest BCUT2D eigenvalue weighted by molar-refractivity contribution is 6.37. The van der Waals surface area contributed by atoms with E-state index in [-0.39, 0.29) is 36.4 Å². The van der Waals surface area contributed by atoms with Gasteiger partial charge >= 0.3 is 0 Å². The summed E-state index contributed by atoms with van der Waals surface area (Å²) in [5.41, 5.74) is 3.72. The molecule has 12 heteroatoms. The molecule has 2 N–H and O–H groups in total. The second kappa shape index (κ2) is 15.2. The van der Waals surface area contributed by atoms with E-state index < -0.39 is 6.43 Å². The quantitative estimate of drug-likeness (QED) is 0.207. The van der Waals surface area contributed by atoms with Gasteiger partial charge in [0.1, 0.15) is 11.9 Å². The number of anilines is 1. The second-order valence-electron chi connectivity index (χ2n) is 12.8. The van der Waals surface area contributed by atoms with Crippen LogP contribution in [0.25, 0.3) is 0 Å². The number of nitrogens with one attached hydrogen (secondary N) is 2. The number of aromatic nitrogens is 1. The van der Waals surface area contributed by atoms with Crippen molar-refractivity contribution >= 4 is 46.5 Å². The van der Waals surface area contributed by atoms with Crippen molar-refractivity contribution in [3.05, 3.63) is 86.0 Å². The Morgan fingerprint density at radius 2 is 1.87 bits per heavy atom. The molecule has 1 amide bonds. The molecule has 3 aromatic rings. The van der Waals surface area contributed by atoms with E-state index in [1.165, 1.54) is 0 Å². The van der Waals surface area contributed by atoms with E-state index in [1.54, 1.807) is 6.07 Å². The molecule has 7 nitrogen and oxygen atoms in total. The number of alkyl halides is 2. The average Bonchev–Trinajstić information content (AvgIpc) is 3.79. The summed E-state index contributed by atoms with van der Waals surface area (Å²) < 4.78 is 31.5. The van der Waals surface area contributed by atoms with Crippen molar-refractivity contribution in [3.63, 3.8) is 0 Å². The highest BCUT2D eigenvalue weighted by atomic mass is 35.5. The topological polar surface area (TPSA) is 69.7 Å². The highest BCUT2D eigenvalue weighted by Gasteiger charge is 2.40. The number of aryl methyl sites for hydroxylation is 1. The van der Waals surface area contributed by atoms with E-state index >= 15 is 0 Å². The molecule has 1 saturated carbocycles. The van der Waals surface area contributed by atoms with E-state index in [0.29, 0.717) is 47.0 Å². The van der Waals surface area contributed by atoms with Crippen LogP contribution in [0.4, 0.5) is 14.6 Å². The zero-order valence-electron chi connectivity index (χ0n) is 26.3. The minimum atomic E-state index is -2.41. The van der Waals surface area contributed by atoms with Crippen molar-refractivity contribution in [1.29, 1.82) is 0 Å². The summed E-state index contributed by atoms with van der Waals surface area (Å²) in [5.74, 6) is 1.30. The Hall–Kier alpha value is -2.69. The van der Waals surface area contributed by atoms with Gasteiger partial charge in [-0.3, -0.25) is 4.79 Å². The summed E-state index contributed by atoms with van der Waals surface area (Å²) in [6.45, 7) is 5.16. The van der Waals surface area contributed by atoms with Crippen molar-refractivity contribution in [2.24, 2.45) is 5.92 Å². The minimum Gasteiger partial charge on any atom is -0.485 e. The molecule has 0 bridgehead atoms. The number of hydrogen-bond acceptors (Lipinski definition) is 6. The number of hydrogen-bond donors (Lipinski definition) is 2. The standard InChI is InChI=1S/C35H40Cl3F2N5O2/c1-21-12-30(37)34(31(38)13-21)47-26-9-11-44(20-26)33-7-3-23(16-43-33)27-8-10-41-17-28(27)35(46)45(25-4-5-25)19-24-14-22(2-6-29(24)36)15-42-18-32(39)40/h2-3,6-7,12-14,16,25-28,32,41-42H,4-5,8-11,15,17-20H2,1H3/t26-,27-,28+/m1/s1. The van der Waals surface area contributed by atoms with Gasteiger partial charge < -0.3 is 25.2 Å². The lowest BCUT2D eigenvalue weighted by molar-refractivity contribution is -0.138. The normalized spacial score (nSPS) is 21.3. The molecule has 252 valence electrons. The van der Waals surface area contributed by atoms with Gasteiger partial charge in [0.05, 0.1) is 29.1 Å². The van der Waals surface area contributed by atoms with Gasteiger partial charge in [-0.1, -0.05) is 53.0 Å². The van der Waals surface area contributed by atoms with Crippen LogP contribution in [0.5, 0.6) is 5.75 Å². The fourth-order valence-corrected chi connectivity index (χ4v) is 7.54. The molecule has 2 aromatic carbocycles. The van der Waals surface area contributed by atoms with Crippen molar-refractivity contribution in [2.45, 2.75) is 70.2 Å². The number of ether oxygens (including phenoxy) is 1. The first-order valence-electron chi connectivity index (χ1n) is 16.3. The molecule has 2 aliphatic heterocycles. The lowest BCUT2D eigenvalue weighted by Gasteiger charge is -2.36. The zero-order valence-corrected chi connectivity index (χ0v) is 28.6. The van der Waals surface area contributed by atoms with Crippen molar-refractivity contribution in [1.82, 2.24) is 20.5 Å². The molecule has 1 aromatic heterocycles. The number of pyridine rings is 1. The minimum absolute atomic E-state index is 0.0346. The molecule has 3 fully saturated rings. The van der Waals surface area contributed by atoms with Gasteiger partial charge in [-0.2, -0.15) is 0 Å². The Balaban J connectivity index is 1.11. The van der Waals surface area contributed by atoms with Gasteiger partial charge in [-0.15, -0.1) is 0 Å². The van der Waals surface area contributed by atoms with Crippen molar-refractivity contribution in [3.8, 4) is 5.75 Å². The molecular formula is C35H40Cl3F2N5O2. The van der Waals surface area contributed by atoms with Crippen LogP contribution in [0.1, 0.15) is 53.9 Å². The predicted molar refractivity (Wildman–Crippen MR) is 183 cm³/mol. The molecule has 3 heterocycles. The third-order valence-electron chi connectivity index (χ3n) is 9.24. The summed E-state index contributed by atoms with van der Waals surface area (Å²) in [6, 6.07) is 13.6. The van der Waals surface area contributed by atoms with Gasteiger partial charge in [-0.05, 0) is 85.2 Å². The fraction of sp³-hybridized carbons (Fsp3) is 0.486. The van der Waals surface area contributed by atoms with Gasteiger partial charge in [-0.25, -0.2) is 13.8 Å². The Morgan fingerprint density at radius 1 is 1.09 bits per heavy atom. The molecule has 0 unspecified atom stereocenters. The third kappa shape index (κ3) is 8.49. The van der Waals surface area contributed by atoms with Crippen LogP contribution in [-0.4, -0.2) is 67.1 Å². The molecule has 2 saturated heterocycles. The summed E-state index contributed by atoms with van der Waals surface area (Å²) in [4.78, 5) is 23.2. The summed E-state index contributed by atoms with van der Waals surface area (Å²) in [5, 5.41) is 7.79. The van der Waals surface area contributed by atoms with E-state index in [2.05, 4.69) is 21.6 Å². The maximum absolute atomic E-state index is 14.2. The van der Waals surface area contributed by atoms with Crippen molar-refractivity contribution < 1.29 is 18.3 Å². The molecule has 0 radical (unpaired) electrons. The third-order valence-corrected chi connectivity index (χ3v) is 10.2. The van der Waals surface area contributed by atoms with E-state index in [0.717, 1.165) is 66.8 Å². The van der Waals surface area contributed by atoms with Gasteiger partial charge in [0.15, 0.2) is 5.75 Å². The number of piperidine rings is 1. The van der Waals surface area contributed by atoms with Crippen molar-refractivity contribution in [2.75, 3.05) is 37.6 Å². The SMILES string of the molecule is Cc1cc(Cl)c(O[C@@H]2CCN(c3ccc([C@H]4CCNC[C@@H]4C(=O)N(Cc4cc(CNCC(F)F)ccc4Cl)C4CC4)cn3)C2)c(Cl)c1. The Morgan fingerprint density at radius 3 is 2.57 bits per heavy atom. The summed E-state index contributed by atoms with van der Waals surface area (Å²) in [7, 11) is 0. The number of nitrogens with zero attached hydrogens (tertiary/aromatic N) is 3. The Bertz CT molecular complexity index is 1540. The first-order chi connectivity index (χ1) is 22.7. The van der Waals surface area contributed by atoms with Gasteiger partial charge in [0, 0.05) is 49.9 Å². The molecule has 1 aliphatic carbocycles. The first kappa shape index (κ1) is 34.2. The number of carbonyl (C=O) groups excluding carboxylic acids is 1. The predicted octanol–water partition coefficient (Wildman–Crippen LogP) is 7.25. The Labute approximate surface area is 289 Å². The highest BCUT2D eigenvalue weighted by Crippen LogP contribution is 2.38. The first-order valence-corrected chi connectivity index (χ1v) is 17.4. The van der Waals surface area contributed by atoms with E-state index in [1.807, 2.05) is 48.4 Å². The lowest BCUT2D eigenvalue weighted by Crippen LogP contribution is -2.47. The van der Waals surface area contributed by atoms with Crippen LogP contribution in [0, 0.1) is 12.8 Å². The van der Waals surface area contributed by atoms with Gasteiger partial charge in [0.25, 0.3) is 6.43 Å².